The number of ketones is 2. The molecule has 1 aliphatic carbocycles. The van der Waals surface area contributed by atoms with Crippen molar-refractivity contribution in [3.63, 3.8) is 0 Å². The summed E-state index contributed by atoms with van der Waals surface area (Å²) in [5.74, 6) is -5.15. The molecule has 1 saturated carbocycles. The molecule has 1 N–H and O–H groups in total. The third-order valence-electron chi connectivity index (χ3n) is 5.38. The monoisotopic (exact) mass is 374 g/mol. The van der Waals surface area contributed by atoms with E-state index in [9.17, 15) is 28.3 Å². The van der Waals surface area contributed by atoms with E-state index in [2.05, 4.69) is 0 Å². The van der Waals surface area contributed by atoms with E-state index in [1.807, 2.05) is 0 Å². The van der Waals surface area contributed by atoms with Crippen LogP contribution in [0.4, 0.5) is 8.78 Å². The van der Waals surface area contributed by atoms with Gasteiger partial charge in [-0.15, -0.1) is 0 Å². The van der Waals surface area contributed by atoms with Crippen molar-refractivity contribution in [2.75, 3.05) is 0 Å². The Labute approximate surface area is 154 Å². The normalized spacial score (nSPS) is 23.4. The highest BCUT2D eigenvalue weighted by Crippen LogP contribution is 2.37. The van der Waals surface area contributed by atoms with Gasteiger partial charge in [-0.1, -0.05) is 32.6 Å². The van der Waals surface area contributed by atoms with Crippen LogP contribution in [0.25, 0.3) is 0 Å². The van der Waals surface area contributed by atoms with Crippen molar-refractivity contribution >= 4 is 17.9 Å². The topological polar surface area (TPSA) is 71.4 Å². The predicted octanol–water partition coefficient (Wildman–Crippen LogP) is 4.27. The number of Topliss-reactive ketones (excluding diaryl/α,β-unsaturated/α-hetero) is 2. The van der Waals surface area contributed by atoms with Gasteiger partial charge in [-0.25, -0.2) is 0 Å². The van der Waals surface area contributed by atoms with Crippen LogP contribution in [-0.2, 0) is 14.4 Å². The van der Waals surface area contributed by atoms with E-state index >= 15 is 0 Å². The summed E-state index contributed by atoms with van der Waals surface area (Å²) in [6.45, 7) is 1.80. The lowest BCUT2D eigenvalue weighted by atomic mass is 9.85. The number of rotatable bonds is 14. The Morgan fingerprint density at radius 1 is 1.19 bits per heavy atom. The molecule has 6 heteroatoms. The Hall–Kier alpha value is -1.17. The molecule has 4 nitrogen and oxygen atoms in total. The summed E-state index contributed by atoms with van der Waals surface area (Å²) in [7, 11) is 0. The van der Waals surface area contributed by atoms with Gasteiger partial charge >= 0.3 is 5.92 Å². The Morgan fingerprint density at radius 2 is 1.88 bits per heavy atom. The van der Waals surface area contributed by atoms with Gasteiger partial charge in [0.05, 0.1) is 6.10 Å². The quantitative estimate of drug-likeness (QED) is 0.364. The fourth-order valence-corrected chi connectivity index (χ4v) is 3.75. The lowest BCUT2D eigenvalue weighted by Gasteiger charge is -2.22. The van der Waals surface area contributed by atoms with Gasteiger partial charge in [0.1, 0.15) is 12.1 Å². The molecule has 1 aliphatic rings. The first-order chi connectivity index (χ1) is 12.3. The smallest absolute Gasteiger partial charge is 0.305 e. The van der Waals surface area contributed by atoms with E-state index in [1.54, 1.807) is 6.92 Å². The van der Waals surface area contributed by atoms with Crippen molar-refractivity contribution in [1.29, 1.82) is 0 Å². The van der Waals surface area contributed by atoms with Gasteiger partial charge < -0.3 is 9.90 Å². The second kappa shape index (κ2) is 11.5. The molecule has 150 valence electrons. The molecule has 0 heterocycles. The van der Waals surface area contributed by atoms with Crippen LogP contribution in [-0.4, -0.2) is 35.0 Å². The highest BCUT2D eigenvalue weighted by molar-refractivity contribution is 5.86. The van der Waals surface area contributed by atoms with Crippen LogP contribution < -0.4 is 0 Å². The molecule has 0 aromatic carbocycles. The first-order valence-corrected chi connectivity index (χ1v) is 9.89. The van der Waals surface area contributed by atoms with Crippen molar-refractivity contribution in [2.45, 2.75) is 96.0 Å². The number of carbonyl (C=O) groups excluding carboxylic acids is 3. The van der Waals surface area contributed by atoms with Gasteiger partial charge in [0.15, 0.2) is 0 Å². The molecule has 0 radical (unpaired) electrons. The van der Waals surface area contributed by atoms with Crippen LogP contribution in [0.5, 0.6) is 0 Å². The van der Waals surface area contributed by atoms with Gasteiger partial charge in [0, 0.05) is 31.6 Å². The number of unbranched alkanes of at least 4 members (excludes halogenated alkanes) is 5. The Morgan fingerprint density at radius 3 is 2.54 bits per heavy atom. The average Bonchev–Trinajstić information content (AvgIpc) is 2.87. The zero-order valence-electron chi connectivity index (χ0n) is 15.7. The van der Waals surface area contributed by atoms with Crippen LogP contribution in [0.1, 0.15) is 84.0 Å². The number of aldehydes is 1. The summed E-state index contributed by atoms with van der Waals surface area (Å²) in [4.78, 5) is 34.2. The summed E-state index contributed by atoms with van der Waals surface area (Å²) in [5.41, 5.74) is 0. The van der Waals surface area contributed by atoms with E-state index < -0.39 is 30.1 Å². The number of aliphatic hydroxyl groups is 1. The highest BCUT2D eigenvalue weighted by Gasteiger charge is 2.43. The Bertz CT molecular complexity index is 465. The molecule has 3 atom stereocenters. The first kappa shape index (κ1) is 22.9. The maximum absolute atomic E-state index is 13.8. The molecule has 1 unspecified atom stereocenters. The summed E-state index contributed by atoms with van der Waals surface area (Å²) >= 11 is 0. The van der Waals surface area contributed by atoms with Gasteiger partial charge in [0.25, 0.3) is 0 Å². The van der Waals surface area contributed by atoms with Crippen LogP contribution in [0, 0.1) is 11.8 Å². The molecule has 0 aromatic heterocycles. The molecule has 0 aromatic rings. The van der Waals surface area contributed by atoms with Gasteiger partial charge in [-0.3, -0.25) is 9.59 Å². The molecule has 26 heavy (non-hydrogen) atoms. The number of hydrogen-bond acceptors (Lipinski definition) is 4. The molecule has 0 amide bonds. The number of aliphatic hydroxyl groups excluding tert-OH is 1. The van der Waals surface area contributed by atoms with Crippen molar-refractivity contribution in [3.05, 3.63) is 0 Å². The number of hydrogen-bond donors (Lipinski definition) is 1. The third kappa shape index (κ3) is 7.22. The van der Waals surface area contributed by atoms with Crippen molar-refractivity contribution < 1.29 is 28.3 Å². The third-order valence-corrected chi connectivity index (χ3v) is 5.38. The maximum Gasteiger partial charge on any atom is 0.305 e. The average molecular weight is 374 g/mol. The fourth-order valence-electron chi connectivity index (χ4n) is 3.75. The van der Waals surface area contributed by atoms with Gasteiger partial charge in [-0.05, 0) is 31.6 Å². The van der Waals surface area contributed by atoms with E-state index in [0.717, 1.165) is 32.0 Å². The molecular weight excluding hydrogens is 342 g/mol. The molecule has 0 spiro atoms. The summed E-state index contributed by atoms with van der Waals surface area (Å²) in [6.07, 6.45) is 5.03. The predicted molar refractivity (Wildman–Crippen MR) is 95.1 cm³/mol. The molecule has 0 saturated heterocycles. The SMILES string of the molecule is CCCCC(F)(F)C(=O)CCC1[C@H](O)CC(=O)[C@@H]1CCCCCCC=O. The zero-order chi connectivity index (χ0) is 19.6. The highest BCUT2D eigenvalue weighted by atomic mass is 19.3. The number of alkyl halides is 2. The minimum absolute atomic E-state index is 0.0272. The zero-order valence-corrected chi connectivity index (χ0v) is 15.7. The van der Waals surface area contributed by atoms with Crippen molar-refractivity contribution in [3.8, 4) is 0 Å². The van der Waals surface area contributed by atoms with Crippen LogP contribution in [0.2, 0.25) is 0 Å². The second-order valence-corrected chi connectivity index (χ2v) is 7.44. The number of carbonyl (C=O) groups is 3. The van der Waals surface area contributed by atoms with E-state index in [-0.39, 0.29) is 31.0 Å². The summed E-state index contributed by atoms with van der Waals surface area (Å²) < 4.78 is 27.6. The minimum atomic E-state index is -3.31. The molecule has 1 fully saturated rings. The van der Waals surface area contributed by atoms with Crippen LogP contribution >= 0.6 is 0 Å². The van der Waals surface area contributed by atoms with Gasteiger partial charge in [0.2, 0.25) is 5.78 Å². The minimum Gasteiger partial charge on any atom is -0.392 e. The fraction of sp³-hybridized carbons (Fsp3) is 0.850. The van der Waals surface area contributed by atoms with Crippen LogP contribution in [0.3, 0.4) is 0 Å². The van der Waals surface area contributed by atoms with Crippen molar-refractivity contribution in [1.82, 2.24) is 0 Å². The summed E-state index contributed by atoms with van der Waals surface area (Å²) in [6, 6.07) is 0. The van der Waals surface area contributed by atoms with E-state index in [4.69, 9.17) is 0 Å². The largest absolute Gasteiger partial charge is 0.392 e. The number of halogens is 2. The molecule has 0 aliphatic heterocycles. The van der Waals surface area contributed by atoms with E-state index in [0.29, 0.717) is 25.7 Å². The second-order valence-electron chi connectivity index (χ2n) is 7.44. The molecule has 0 bridgehead atoms. The lowest BCUT2D eigenvalue weighted by Crippen LogP contribution is -2.30. The standard InChI is InChI=1S/C20H32F2O4/c1-2-3-12-20(21,22)19(26)11-10-16-15(17(24)14-18(16)25)9-7-5-4-6-8-13-23/h13,15-16,18,25H,2-12,14H2,1H3/t15-,16?,18-/m1/s1. The van der Waals surface area contributed by atoms with Gasteiger partial charge in [-0.2, -0.15) is 8.78 Å². The summed E-state index contributed by atoms with van der Waals surface area (Å²) in [5, 5.41) is 10.1. The Balaban J connectivity index is 2.47. The van der Waals surface area contributed by atoms with Crippen LogP contribution in [0.15, 0.2) is 0 Å². The maximum atomic E-state index is 13.8. The molecule has 1 rings (SSSR count). The van der Waals surface area contributed by atoms with E-state index in [1.165, 1.54) is 0 Å². The first-order valence-electron chi connectivity index (χ1n) is 9.89. The van der Waals surface area contributed by atoms with Crippen molar-refractivity contribution in [2.24, 2.45) is 11.8 Å². The molecular formula is C20H32F2O4. The lowest BCUT2D eigenvalue weighted by molar-refractivity contribution is -0.144. The Kier molecular flexibility index (Phi) is 10.1.